The average molecular weight is 1050 g/mol. The Hall–Kier alpha value is -6.11. The molecular weight excluding hydrogens is 1000 g/mol. The third-order valence-electron chi connectivity index (χ3n) is 11.4. The van der Waals surface area contributed by atoms with Crippen LogP contribution < -0.4 is 18.9 Å². The second-order valence-electron chi connectivity index (χ2n) is 15.4. The quantitative estimate of drug-likeness (QED) is 0.0660. The summed E-state index contributed by atoms with van der Waals surface area (Å²) in [6.45, 7) is -0.504. The van der Waals surface area contributed by atoms with Crippen LogP contribution in [0.4, 0.5) is 4.79 Å². The molecule has 3 heterocycles. The Labute approximate surface area is 396 Å². The van der Waals surface area contributed by atoms with Gasteiger partial charge in [-0.2, -0.15) is 4.31 Å². The molecule has 2 aliphatic rings. The second kappa shape index (κ2) is 19.8. The van der Waals surface area contributed by atoms with Crippen LogP contribution in [0.25, 0.3) is 11.4 Å². The number of hydrogen-bond acceptors (Lipinski definition) is 13. The Balaban J connectivity index is 1.19. The normalized spacial score (nSPS) is 16.5. The topological polar surface area (TPSA) is 222 Å². The molecule has 18 nitrogen and oxygen atoms in total. The van der Waals surface area contributed by atoms with Crippen molar-refractivity contribution in [2.75, 3.05) is 34.4 Å². The van der Waals surface area contributed by atoms with Gasteiger partial charge in [0, 0.05) is 29.7 Å². The number of amides is 3. The van der Waals surface area contributed by atoms with Crippen LogP contribution >= 0.6 is 22.6 Å². The zero-order chi connectivity index (χ0) is 46.7. The second-order valence-corrected chi connectivity index (χ2v) is 19.7. The van der Waals surface area contributed by atoms with E-state index in [4.69, 9.17) is 14.2 Å². The predicted molar refractivity (Wildman–Crippen MR) is 249 cm³/mol. The molecule has 1 unspecified atom stereocenters. The summed E-state index contributed by atoms with van der Waals surface area (Å²) >= 11 is -0.310. The number of likely N-dealkylation sites (tertiary alicyclic amines) is 1. The highest BCUT2D eigenvalue weighted by Crippen LogP contribution is 2.39. The van der Waals surface area contributed by atoms with Gasteiger partial charge in [-0.25, -0.2) is 17.9 Å². The van der Waals surface area contributed by atoms with Crippen molar-refractivity contribution in [2.24, 2.45) is 0 Å². The van der Waals surface area contributed by atoms with E-state index >= 15 is 8.42 Å². The highest BCUT2D eigenvalue weighted by molar-refractivity contribution is 14.1. The molecule has 5 aromatic carbocycles. The number of carbonyl (C=O) groups is 3. The van der Waals surface area contributed by atoms with Gasteiger partial charge in [0.15, 0.2) is 15.6 Å². The summed E-state index contributed by atoms with van der Waals surface area (Å²) < 4.78 is 68.7. The van der Waals surface area contributed by atoms with Crippen LogP contribution in [0.3, 0.4) is 0 Å². The fourth-order valence-corrected chi connectivity index (χ4v) is 12.2. The number of sulfonamides is 1. The van der Waals surface area contributed by atoms with E-state index in [1.54, 1.807) is 98.1 Å². The number of nitrogens with zero attached hydrogens (tertiary/aromatic N) is 7. The minimum Gasteiger partial charge on any atom is -0.593 e. The van der Waals surface area contributed by atoms with E-state index in [0.717, 1.165) is 15.4 Å². The van der Waals surface area contributed by atoms with Gasteiger partial charge in [-0.1, -0.05) is 48.5 Å². The fraction of sp³-hybridized carbons (Fsp3) is 0.244. The lowest BCUT2D eigenvalue weighted by Crippen LogP contribution is -2.44. The summed E-state index contributed by atoms with van der Waals surface area (Å²) in [7, 11) is -0.0598. The Bertz CT molecular complexity index is 2780. The first-order valence-electron chi connectivity index (χ1n) is 20.4. The smallest absolute Gasteiger partial charge is 0.407 e. The van der Waals surface area contributed by atoms with Gasteiger partial charge in [0.05, 0.1) is 68.0 Å². The number of hydrogen-bond donors (Lipinski definition) is 2. The number of ether oxygens (including phenoxy) is 3. The lowest BCUT2D eigenvalue weighted by Gasteiger charge is -2.26. The molecule has 1 saturated heterocycles. The van der Waals surface area contributed by atoms with Gasteiger partial charge in [-0.3, -0.25) is 14.5 Å². The molecule has 6 aromatic rings. The number of benzene rings is 5. The number of imide groups is 1. The highest BCUT2D eigenvalue weighted by atomic mass is 127. The molecular formula is C45H43IN8O10S2. The standard InChI is InChI=1S/C45H43IN8O10S2/c1-62-33-14-8-28(9-15-33)23-51(24-29-10-16-34(63-2)17-11-29)66(60,61)41-39(21-20-38(46)40(41)42-47-49-50-54(42)25-30-12-18-35(64-3)19-13-30)65(59)48-31-22-32(52(26-31)45(57)58)27-53-43(55)36-6-4-5-7-37(36)44(53)56/h4-21,31-32,48H,22-27H2,1-3H3,(H,57,58)/t31-,32+,65?/m1/s1. The Morgan fingerprint density at radius 1 is 0.833 bits per heavy atom. The van der Waals surface area contributed by atoms with Gasteiger partial charge >= 0.3 is 6.09 Å². The zero-order valence-corrected chi connectivity index (χ0v) is 39.5. The maximum atomic E-state index is 15.8. The Morgan fingerprint density at radius 3 is 1.88 bits per heavy atom. The molecule has 0 spiro atoms. The van der Waals surface area contributed by atoms with Crippen LogP contribution in [0.5, 0.6) is 17.2 Å². The van der Waals surface area contributed by atoms with Crippen LogP contribution in [-0.4, -0.2) is 117 Å². The minimum atomic E-state index is -4.68. The van der Waals surface area contributed by atoms with Crippen LogP contribution in [0, 0.1) is 3.57 Å². The molecule has 2 aliphatic heterocycles. The monoisotopic (exact) mass is 1050 g/mol. The number of nitrogens with one attached hydrogen (secondary N) is 1. The predicted octanol–water partition coefficient (Wildman–Crippen LogP) is 5.44. The van der Waals surface area contributed by atoms with Gasteiger partial charge < -0.3 is 28.8 Å². The van der Waals surface area contributed by atoms with Gasteiger partial charge in [0.2, 0.25) is 10.0 Å². The van der Waals surface area contributed by atoms with Gasteiger partial charge in [0.25, 0.3) is 11.8 Å². The van der Waals surface area contributed by atoms with Crippen molar-refractivity contribution >= 4 is 61.9 Å². The number of methoxy groups -OCH3 is 3. The summed E-state index contributed by atoms with van der Waals surface area (Å²) in [5, 5.41) is 22.8. The first-order chi connectivity index (χ1) is 31.8. The van der Waals surface area contributed by atoms with E-state index in [-0.39, 0.29) is 71.5 Å². The number of rotatable bonds is 17. The van der Waals surface area contributed by atoms with Crippen molar-refractivity contribution in [2.45, 2.75) is 47.9 Å². The number of carbonyl (C=O) groups excluding carboxylic acids is 2. The van der Waals surface area contributed by atoms with Crippen molar-refractivity contribution < 1.29 is 46.7 Å². The fourth-order valence-electron chi connectivity index (χ4n) is 8.01. The number of tetrazole rings is 1. The SMILES string of the molecule is COc1ccc(CN(Cc2ccc(OC)cc2)S(=O)(=O)c2c([S+]([O-])N[C@@H]3C[C@@H](CN4C(=O)c5ccccc5C4=O)N(C(=O)O)C3)ccc(I)c2-c2nnnn2Cc2ccc(OC)cc2)cc1. The third kappa shape index (κ3) is 9.57. The largest absolute Gasteiger partial charge is 0.593 e. The Morgan fingerprint density at radius 2 is 1.36 bits per heavy atom. The molecule has 342 valence electrons. The molecule has 0 radical (unpaired) electrons. The summed E-state index contributed by atoms with van der Waals surface area (Å²) in [5.74, 6) is 0.805. The lowest BCUT2D eigenvalue weighted by atomic mass is 10.1. The van der Waals surface area contributed by atoms with Crippen LogP contribution in [0.1, 0.15) is 43.8 Å². The maximum absolute atomic E-state index is 15.8. The van der Waals surface area contributed by atoms with Crippen LogP contribution in [-0.2, 0) is 41.0 Å². The number of carboxylic acid groups (broad SMARTS) is 1. The number of fused-ring (bicyclic) bond motifs is 1. The molecule has 21 heteroatoms. The summed E-state index contributed by atoms with van der Waals surface area (Å²) in [6, 6.07) is 29.0. The molecule has 3 atom stereocenters. The number of halogens is 1. The molecule has 3 amide bonds. The number of aromatic nitrogens is 4. The van der Waals surface area contributed by atoms with E-state index < -0.39 is 51.4 Å². The summed E-state index contributed by atoms with van der Waals surface area (Å²) in [4.78, 5) is 40.8. The summed E-state index contributed by atoms with van der Waals surface area (Å²) in [6.07, 6.45) is -1.26. The maximum Gasteiger partial charge on any atom is 0.407 e. The highest BCUT2D eigenvalue weighted by Gasteiger charge is 2.45. The van der Waals surface area contributed by atoms with E-state index in [2.05, 4.69) is 20.2 Å². The summed E-state index contributed by atoms with van der Waals surface area (Å²) in [5.41, 5.74) is 2.60. The first kappa shape index (κ1) is 46.4. The molecule has 8 rings (SSSR count). The first-order valence-corrected chi connectivity index (χ1v) is 24.1. The molecule has 0 saturated carbocycles. The molecule has 2 N–H and O–H groups in total. The molecule has 0 aliphatic carbocycles. The molecule has 1 fully saturated rings. The van der Waals surface area contributed by atoms with Crippen molar-refractivity contribution in [3.63, 3.8) is 0 Å². The van der Waals surface area contributed by atoms with Gasteiger partial charge in [-0.15, -0.1) is 9.82 Å². The molecule has 1 aromatic heterocycles. The molecule has 0 bridgehead atoms. The van der Waals surface area contributed by atoms with Crippen molar-refractivity contribution in [3.05, 3.63) is 141 Å². The van der Waals surface area contributed by atoms with Crippen molar-refractivity contribution in [1.82, 2.24) is 39.0 Å². The minimum absolute atomic E-state index is 0.0475. The van der Waals surface area contributed by atoms with E-state index in [0.29, 0.717) is 31.9 Å². The zero-order valence-electron chi connectivity index (χ0n) is 35.7. The van der Waals surface area contributed by atoms with Crippen molar-refractivity contribution in [3.8, 4) is 28.6 Å². The van der Waals surface area contributed by atoms with Gasteiger partial charge in [0.1, 0.15) is 17.2 Å². The van der Waals surface area contributed by atoms with Gasteiger partial charge in [-0.05, 0) is 117 Å². The van der Waals surface area contributed by atoms with E-state index in [9.17, 15) is 24.0 Å². The van der Waals surface area contributed by atoms with E-state index in [1.807, 2.05) is 34.7 Å². The van der Waals surface area contributed by atoms with Crippen LogP contribution in [0.15, 0.2) is 119 Å². The van der Waals surface area contributed by atoms with Crippen LogP contribution in [0.2, 0.25) is 0 Å². The average Bonchev–Trinajstić information content (AvgIpc) is 4.02. The molecule has 66 heavy (non-hydrogen) atoms. The van der Waals surface area contributed by atoms with E-state index in [1.165, 1.54) is 29.3 Å². The third-order valence-corrected chi connectivity index (χ3v) is 15.5. The lowest BCUT2D eigenvalue weighted by molar-refractivity contribution is 0.0603. The van der Waals surface area contributed by atoms with Crippen molar-refractivity contribution in [1.29, 1.82) is 0 Å². The Kier molecular flexibility index (Phi) is 13.9.